The number of rotatable bonds is 10. The van der Waals surface area contributed by atoms with Crippen LogP contribution in [0.15, 0.2) is 48.8 Å². The van der Waals surface area contributed by atoms with Gasteiger partial charge in [-0.15, -0.1) is 10.2 Å². The maximum absolute atomic E-state index is 13.6. The Morgan fingerprint density at radius 3 is 2.15 bits per heavy atom. The lowest BCUT2D eigenvalue weighted by molar-refractivity contribution is 0.0949. The zero-order valence-corrected chi connectivity index (χ0v) is 24.0. The molecule has 39 heavy (non-hydrogen) atoms. The Morgan fingerprint density at radius 2 is 1.59 bits per heavy atom. The van der Waals surface area contributed by atoms with Crippen molar-refractivity contribution >= 4 is 39.2 Å². The van der Waals surface area contributed by atoms with Crippen LogP contribution in [0, 0.1) is 6.92 Å². The summed E-state index contributed by atoms with van der Waals surface area (Å²) in [5.41, 5.74) is 1.71. The summed E-state index contributed by atoms with van der Waals surface area (Å²) in [7, 11) is 0.218. The lowest BCUT2D eigenvalue weighted by Crippen LogP contribution is -2.33. The number of aromatic nitrogens is 5. The summed E-state index contributed by atoms with van der Waals surface area (Å²) in [5, 5.41) is 7.96. The van der Waals surface area contributed by atoms with E-state index >= 15 is 0 Å². The molecule has 0 spiro atoms. The van der Waals surface area contributed by atoms with Crippen molar-refractivity contribution < 1.29 is 22.6 Å². The number of hydrogen-bond acceptors (Lipinski definition) is 9. The van der Waals surface area contributed by atoms with E-state index in [0.29, 0.717) is 27.8 Å². The van der Waals surface area contributed by atoms with E-state index in [1.807, 2.05) is 6.92 Å². The Bertz CT molecular complexity index is 1560. The summed E-state index contributed by atoms with van der Waals surface area (Å²) in [6.07, 6.45) is 2.22. The molecule has 206 valence electrons. The van der Waals surface area contributed by atoms with Crippen LogP contribution in [0.1, 0.15) is 24.4 Å². The molecule has 2 aromatic heterocycles. The third-order valence-corrected chi connectivity index (χ3v) is 8.36. The van der Waals surface area contributed by atoms with E-state index in [-0.39, 0.29) is 22.6 Å². The van der Waals surface area contributed by atoms with Crippen LogP contribution < -0.4 is 14.2 Å². The normalized spacial score (nSPS) is 13.1. The molecule has 2 aromatic carbocycles. The fraction of sp³-hybridized carbons (Fsp3) is 0.280. The fourth-order valence-corrected chi connectivity index (χ4v) is 5.30. The van der Waals surface area contributed by atoms with Crippen molar-refractivity contribution in [2.45, 2.75) is 25.2 Å². The average molecular weight is 593 g/mol. The van der Waals surface area contributed by atoms with E-state index in [1.165, 1.54) is 32.8 Å². The van der Waals surface area contributed by atoms with Crippen LogP contribution in [0.4, 0.5) is 5.95 Å². The third kappa shape index (κ3) is 5.78. The van der Waals surface area contributed by atoms with Crippen LogP contribution >= 0.6 is 23.2 Å². The van der Waals surface area contributed by atoms with Crippen molar-refractivity contribution in [3.63, 3.8) is 0 Å². The van der Waals surface area contributed by atoms with E-state index in [0.717, 1.165) is 5.56 Å². The van der Waals surface area contributed by atoms with E-state index in [9.17, 15) is 8.42 Å². The summed E-state index contributed by atoms with van der Waals surface area (Å²) in [6, 6.07) is 10.0. The molecule has 2 unspecified atom stereocenters. The second kappa shape index (κ2) is 11.7. The lowest BCUT2D eigenvalue weighted by Gasteiger charge is -2.23. The molecule has 0 fully saturated rings. The molecule has 0 bridgehead atoms. The number of nitrogens with one attached hydrogen (secondary N) is 1. The number of benzene rings is 2. The van der Waals surface area contributed by atoms with Gasteiger partial charge in [-0.25, -0.2) is 18.4 Å². The van der Waals surface area contributed by atoms with E-state index < -0.39 is 21.4 Å². The number of nitrogens with zero attached hydrogens (tertiary/aromatic N) is 5. The van der Waals surface area contributed by atoms with Crippen LogP contribution in [-0.4, -0.2) is 59.7 Å². The predicted octanol–water partition coefficient (Wildman–Crippen LogP) is 4.87. The third-order valence-electron chi connectivity index (χ3n) is 5.92. The molecule has 2 heterocycles. The highest BCUT2D eigenvalue weighted by Gasteiger charge is 2.35. The highest BCUT2D eigenvalue weighted by molar-refractivity contribution is 7.93. The molecule has 2 atom stereocenters. The molecule has 0 saturated carbocycles. The molecular weight excluding hydrogens is 567 g/mol. The van der Waals surface area contributed by atoms with Gasteiger partial charge in [0.15, 0.2) is 11.6 Å². The van der Waals surface area contributed by atoms with Gasteiger partial charge in [-0.05, 0) is 49.7 Å². The topological polar surface area (TPSA) is 130 Å². The number of ether oxygens (including phenoxy) is 3. The SMILES string of the molecule is COc1cccc(OC)c1-n1c(NS(=O)(=O)C(C)C(OC)c2ncc(C)cn2)nnc1-c1ccc(Cl)c(Cl)c1. The van der Waals surface area contributed by atoms with E-state index in [2.05, 4.69) is 24.9 Å². The van der Waals surface area contributed by atoms with Crippen molar-refractivity contribution in [1.82, 2.24) is 24.7 Å². The second-order valence-electron chi connectivity index (χ2n) is 8.45. The minimum Gasteiger partial charge on any atom is -0.494 e. The van der Waals surface area contributed by atoms with Crippen molar-refractivity contribution in [2.75, 3.05) is 26.1 Å². The van der Waals surface area contributed by atoms with Crippen LogP contribution in [0.25, 0.3) is 17.1 Å². The molecular formula is C25H26Cl2N6O5S. The Kier molecular flexibility index (Phi) is 8.60. The largest absolute Gasteiger partial charge is 0.494 e. The first-order chi connectivity index (χ1) is 18.6. The van der Waals surface area contributed by atoms with Gasteiger partial charge in [-0.3, -0.25) is 9.29 Å². The van der Waals surface area contributed by atoms with Crippen molar-refractivity contribution in [3.8, 4) is 28.6 Å². The molecule has 0 aliphatic heterocycles. The Labute approximate surface area is 236 Å². The second-order valence-corrected chi connectivity index (χ2v) is 11.3. The number of aryl methyl sites for hydroxylation is 1. The molecule has 0 saturated heterocycles. The highest BCUT2D eigenvalue weighted by atomic mass is 35.5. The molecule has 1 N–H and O–H groups in total. The van der Waals surface area contributed by atoms with Gasteiger partial charge in [-0.2, -0.15) is 0 Å². The molecule has 0 aliphatic carbocycles. The van der Waals surface area contributed by atoms with Crippen LogP contribution in [0.2, 0.25) is 10.0 Å². The number of anilines is 1. The number of hydrogen-bond donors (Lipinski definition) is 1. The van der Waals surface area contributed by atoms with Crippen molar-refractivity contribution in [2.24, 2.45) is 0 Å². The quantitative estimate of drug-likeness (QED) is 0.274. The van der Waals surface area contributed by atoms with Gasteiger partial charge in [0.1, 0.15) is 28.5 Å². The van der Waals surface area contributed by atoms with Crippen LogP contribution in [-0.2, 0) is 14.8 Å². The van der Waals surface area contributed by atoms with Crippen molar-refractivity contribution in [3.05, 3.63) is 70.2 Å². The van der Waals surface area contributed by atoms with Crippen molar-refractivity contribution in [1.29, 1.82) is 0 Å². The summed E-state index contributed by atoms with van der Waals surface area (Å²) in [5.74, 6) is 1.13. The first-order valence-corrected chi connectivity index (χ1v) is 13.9. The van der Waals surface area contributed by atoms with Gasteiger partial charge in [0, 0.05) is 25.1 Å². The maximum atomic E-state index is 13.6. The Balaban J connectivity index is 1.86. The summed E-state index contributed by atoms with van der Waals surface area (Å²) in [4.78, 5) is 8.49. The zero-order chi connectivity index (χ0) is 28.3. The molecule has 0 amide bonds. The summed E-state index contributed by atoms with van der Waals surface area (Å²) < 4.78 is 48.0. The molecule has 14 heteroatoms. The Hall–Kier alpha value is -3.45. The summed E-state index contributed by atoms with van der Waals surface area (Å²) >= 11 is 12.4. The van der Waals surface area contributed by atoms with Gasteiger partial charge in [-0.1, -0.05) is 29.3 Å². The predicted molar refractivity (Wildman–Crippen MR) is 148 cm³/mol. The van der Waals surface area contributed by atoms with Crippen LogP contribution in [0.3, 0.4) is 0 Å². The first-order valence-electron chi connectivity index (χ1n) is 11.6. The average Bonchev–Trinajstić information content (AvgIpc) is 3.33. The molecule has 4 aromatic rings. The Morgan fingerprint density at radius 1 is 0.949 bits per heavy atom. The molecule has 0 aliphatic rings. The van der Waals surface area contributed by atoms with Gasteiger partial charge in [0.2, 0.25) is 16.0 Å². The lowest BCUT2D eigenvalue weighted by atomic mass is 10.2. The minimum atomic E-state index is -4.14. The molecule has 0 radical (unpaired) electrons. The number of methoxy groups -OCH3 is 3. The van der Waals surface area contributed by atoms with Gasteiger partial charge >= 0.3 is 0 Å². The number of sulfonamides is 1. The minimum absolute atomic E-state index is 0.120. The standard InChI is InChI=1S/C25H26Cl2N6O5S/c1-14-12-28-23(29-13-14)22(38-5)15(2)39(34,35)32-25-31-30-24(16-9-10-17(26)18(27)11-16)33(25)21-19(36-3)7-6-8-20(21)37-4/h6-13,15,22H,1-5H3,(H,31,32). The zero-order valence-electron chi connectivity index (χ0n) is 21.7. The number of halogens is 2. The summed E-state index contributed by atoms with van der Waals surface area (Å²) in [6.45, 7) is 3.32. The van der Waals surface area contributed by atoms with Gasteiger partial charge in [0.25, 0.3) is 0 Å². The molecule has 11 nitrogen and oxygen atoms in total. The highest BCUT2D eigenvalue weighted by Crippen LogP contribution is 2.39. The van der Waals surface area contributed by atoms with E-state index in [4.69, 9.17) is 37.4 Å². The van der Waals surface area contributed by atoms with Crippen LogP contribution in [0.5, 0.6) is 11.5 Å². The maximum Gasteiger partial charge on any atom is 0.243 e. The first kappa shape index (κ1) is 28.6. The fourth-order valence-electron chi connectivity index (χ4n) is 3.88. The van der Waals surface area contributed by atoms with E-state index in [1.54, 1.807) is 48.8 Å². The van der Waals surface area contributed by atoms with Gasteiger partial charge in [0.05, 0.1) is 24.3 Å². The monoisotopic (exact) mass is 592 g/mol. The number of para-hydroxylation sites is 1. The molecule has 4 rings (SSSR count). The van der Waals surface area contributed by atoms with Gasteiger partial charge < -0.3 is 14.2 Å². The smallest absolute Gasteiger partial charge is 0.243 e.